The smallest absolute Gasteiger partial charge is 0.0577 e. The van der Waals surface area contributed by atoms with E-state index < -0.39 is 10.8 Å². The van der Waals surface area contributed by atoms with E-state index in [9.17, 15) is 4.21 Å². The molecule has 3 heteroatoms. The van der Waals surface area contributed by atoms with Gasteiger partial charge < -0.3 is 4.74 Å². The number of methoxy groups -OCH3 is 1. The second-order valence-corrected chi connectivity index (χ2v) is 4.51. The van der Waals surface area contributed by atoms with Crippen LogP contribution in [0.3, 0.4) is 0 Å². The topological polar surface area (TPSA) is 26.3 Å². The summed E-state index contributed by atoms with van der Waals surface area (Å²) in [7, 11) is 0.914. The Morgan fingerprint density at radius 3 is 2.09 bits per heavy atom. The average Bonchev–Trinajstić information content (AvgIpc) is 2.68. The zero-order chi connectivity index (χ0) is 8.69. The summed E-state index contributed by atoms with van der Waals surface area (Å²) in [6.45, 7) is 2.88. The van der Waals surface area contributed by atoms with E-state index in [1.54, 1.807) is 13.4 Å². The lowest BCUT2D eigenvalue weighted by Crippen LogP contribution is -2.00. The van der Waals surface area contributed by atoms with Crippen LogP contribution in [-0.4, -0.2) is 29.9 Å². The van der Waals surface area contributed by atoms with E-state index in [1.165, 1.54) is 12.8 Å². The third-order valence-electron chi connectivity index (χ3n) is 1.44. The molecular formula is C8H18O2S. The van der Waals surface area contributed by atoms with Crippen LogP contribution < -0.4 is 0 Å². The van der Waals surface area contributed by atoms with E-state index in [2.05, 4.69) is 11.7 Å². The monoisotopic (exact) mass is 178 g/mol. The van der Waals surface area contributed by atoms with Crippen molar-refractivity contribution in [1.82, 2.24) is 0 Å². The fraction of sp³-hybridized carbons (Fsp3) is 1.00. The van der Waals surface area contributed by atoms with E-state index in [0.29, 0.717) is 12.4 Å². The third kappa shape index (κ3) is 13.2. The molecule has 1 rings (SSSR count). The summed E-state index contributed by atoms with van der Waals surface area (Å²) in [6, 6.07) is 0. The molecule has 1 aliphatic carbocycles. The van der Waals surface area contributed by atoms with Crippen molar-refractivity contribution < 1.29 is 8.95 Å². The number of rotatable bonds is 3. The minimum Gasteiger partial charge on any atom is -0.384 e. The Morgan fingerprint density at radius 2 is 2.00 bits per heavy atom. The molecular weight excluding hydrogens is 160 g/mol. The van der Waals surface area contributed by atoms with Crippen molar-refractivity contribution in [3.63, 3.8) is 0 Å². The lowest BCUT2D eigenvalue weighted by atomic mass is 10.5. The SMILES string of the molecule is CC1CC1.COCCS(C)=O. The fourth-order valence-corrected chi connectivity index (χ4v) is 0.769. The summed E-state index contributed by atoms with van der Waals surface area (Å²) in [6.07, 6.45) is 4.64. The highest BCUT2D eigenvalue weighted by molar-refractivity contribution is 7.84. The van der Waals surface area contributed by atoms with E-state index in [4.69, 9.17) is 0 Å². The van der Waals surface area contributed by atoms with Crippen LogP contribution in [0.1, 0.15) is 19.8 Å². The molecule has 0 aromatic carbocycles. The van der Waals surface area contributed by atoms with Crippen LogP contribution in [0.2, 0.25) is 0 Å². The van der Waals surface area contributed by atoms with E-state index in [0.717, 1.165) is 5.92 Å². The minimum atomic E-state index is -0.690. The largest absolute Gasteiger partial charge is 0.384 e. The van der Waals surface area contributed by atoms with Gasteiger partial charge in [-0.25, -0.2) is 0 Å². The van der Waals surface area contributed by atoms with Crippen molar-refractivity contribution in [3.05, 3.63) is 0 Å². The quantitative estimate of drug-likeness (QED) is 0.653. The van der Waals surface area contributed by atoms with Crippen molar-refractivity contribution in [2.75, 3.05) is 25.7 Å². The first-order valence-corrected chi connectivity index (χ1v) is 5.68. The van der Waals surface area contributed by atoms with Gasteiger partial charge >= 0.3 is 0 Å². The Hall–Kier alpha value is 0.110. The molecule has 2 nitrogen and oxygen atoms in total. The van der Waals surface area contributed by atoms with Crippen LogP contribution in [0.5, 0.6) is 0 Å². The van der Waals surface area contributed by atoms with E-state index in [1.807, 2.05) is 0 Å². The second-order valence-electron chi connectivity index (χ2n) is 2.95. The van der Waals surface area contributed by atoms with E-state index in [-0.39, 0.29) is 0 Å². The van der Waals surface area contributed by atoms with Gasteiger partial charge in [-0.15, -0.1) is 0 Å². The maximum atomic E-state index is 10.2. The molecule has 0 aliphatic heterocycles. The Labute approximate surface area is 71.8 Å². The first-order valence-electron chi connectivity index (χ1n) is 3.95. The molecule has 0 spiro atoms. The van der Waals surface area contributed by atoms with Crippen LogP contribution in [0.4, 0.5) is 0 Å². The van der Waals surface area contributed by atoms with Gasteiger partial charge in [-0.3, -0.25) is 4.21 Å². The van der Waals surface area contributed by atoms with Crippen LogP contribution in [0.25, 0.3) is 0 Å². The van der Waals surface area contributed by atoms with Gasteiger partial charge in [-0.2, -0.15) is 0 Å². The molecule has 11 heavy (non-hydrogen) atoms. The molecule has 1 aliphatic rings. The molecule has 68 valence electrons. The Kier molecular flexibility index (Phi) is 6.87. The highest BCUT2D eigenvalue weighted by atomic mass is 32.2. The van der Waals surface area contributed by atoms with Crippen LogP contribution in [0, 0.1) is 5.92 Å². The normalized spacial score (nSPS) is 18.5. The minimum absolute atomic E-state index is 0.600. The van der Waals surface area contributed by atoms with Gasteiger partial charge in [0.2, 0.25) is 0 Å². The molecule has 0 heterocycles. The molecule has 0 saturated heterocycles. The Balaban J connectivity index is 0.000000207. The first-order chi connectivity index (χ1) is 5.16. The molecule has 1 saturated carbocycles. The summed E-state index contributed by atoms with van der Waals surface area (Å²) in [5.74, 6) is 1.73. The van der Waals surface area contributed by atoms with Crippen LogP contribution in [-0.2, 0) is 15.5 Å². The van der Waals surface area contributed by atoms with Gasteiger partial charge in [-0.05, 0) is 5.92 Å². The maximum absolute atomic E-state index is 10.2. The van der Waals surface area contributed by atoms with Gasteiger partial charge in [0.05, 0.1) is 6.61 Å². The molecule has 0 radical (unpaired) electrons. The predicted molar refractivity (Wildman–Crippen MR) is 49.2 cm³/mol. The molecule has 0 aromatic heterocycles. The van der Waals surface area contributed by atoms with Gasteiger partial charge in [0.1, 0.15) is 0 Å². The third-order valence-corrected chi connectivity index (χ3v) is 2.18. The fourth-order valence-electron chi connectivity index (χ4n) is 0.367. The zero-order valence-corrected chi connectivity index (χ0v) is 8.45. The molecule has 1 fully saturated rings. The average molecular weight is 178 g/mol. The summed E-state index contributed by atoms with van der Waals surface area (Å²) in [4.78, 5) is 0. The van der Waals surface area contributed by atoms with Crippen molar-refractivity contribution in [2.45, 2.75) is 19.8 Å². The zero-order valence-electron chi connectivity index (χ0n) is 7.63. The molecule has 0 bridgehead atoms. The standard InChI is InChI=1S/C4H10O2S.C4H8/c1-6-3-4-7(2)5;1-4-2-3-4/h3-4H2,1-2H3;4H,2-3H2,1H3. The van der Waals surface area contributed by atoms with E-state index >= 15 is 0 Å². The number of hydrogen-bond donors (Lipinski definition) is 0. The lowest BCUT2D eigenvalue weighted by Gasteiger charge is -1.90. The Bertz CT molecular complexity index is 111. The number of ether oxygens (including phenoxy) is 1. The molecule has 0 amide bonds. The van der Waals surface area contributed by atoms with Crippen molar-refractivity contribution in [2.24, 2.45) is 5.92 Å². The predicted octanol–water partition coefficient (Wildman–Crippen LogP) is 1.43. The van der Waals surface area contributed by atoms with Crippen LogP contribution >= 0.6 is 0 Å². The summed E-state index contributed by atoms with van der Waals surface area (Å²) >= 11 is 0. The molecule has 1 unspecified atom stereocenters. The second kappa shape index (κ2) is 6.80. The van der Waals surface area contributed by atoms with Crippen molar-refractivity contribution in [1.29, 1.82) is 0 Å². The van der Waals surface area contributed by atoms with Gasteiger partial charge in [0.25, 0.3) is 0 Å². The van der Waals surface area contributed by atoms with Gasteiger partial charge in [0, 0.05) is 29.9 Å². The molecule has 1 atom stereocenters. The van der Waals surface area contributed by atoms with Crippen molar-refractivity contribution in [3.8, 4) is 0 Å². The first kappa shape index (κ1) is 11.1. The Morgan fingerprint density at radius 1 is 1.55 bits per heavy atom. The lowest BCUT2D eigenvalue weighted by molar-refractivity contribution is 0.218. The van der Waals surface area contributed by atoms with Gasteiger partial charge in [0.15, 0.2) is 0 Å². The summed E-state index contributed by atoms with van der Waals surface area (Å²) in [5.41, 5.74) is 0. The summed E-state index contributed by atoms with van der Waals surface area (Å²) < 4.78 is 14.9. The number of hydrogen-bond acceptors (Lipinski definition) is 2. The highest BCUT2D eigenvalue weighted by Crippen LogP contribution is 2.26. The van der Waals surface area contributed by atoms with Crippen molar-refractivity contribution >= 4 is 10.8 Å². The highest BCUT2D eigenvalue weighted by Gasteiger charge is 2.12. The summed E-state index contributed by atoms with van der Waals surface area (Å²) in [5, 5.41) is 0. The maximum Gasteiger partial charge on any atom is 0.0577 e. The van der Waals surface area contributed by atoms with Crippen LogP contribution in [0.15, 0.2) is 0 Å². The van der Waals surface area contributed by atoms with Gasteiger partial charge in [-0.1, -0.05) is 19.8 Å². The molecule has 0 N–H and O–H groups in total. The molecule has 0 aromatic rings.